The Balaban J connectivity index is 2.49. The zero-order chi connectivity index (χ0) is 11.5. The minimum absolute atomic E-state index is 0.761. The summed E-state index contributed by atoms with van der Waals surface area (Å²) in [5.74, 6) is 0. The SMILES string of the molecule is Cc1cccc(-c2ccc(C=O)c(C)c2)c1. The normalized spacial score (nSPS) is 10.1. The van der Waals surface area contributed by atoms with Crippen molar-refractivity contribution >= 4 is 6.29 Å². The molecule has 0 bridgehead atoms. The molecule has 0 saturated carbocycles. The van der Waals surface area contributed by atoms with Crippen LogP contribution in [0.3, 0.4) is 0 Å². The van der Waals surface area contributed by atoms with Crippen LogP contribution < -0.4 is 0 Å². The molecule has 0 N–H and O–H groups in total. The van der Waals surface area contributed by atoms with Crippen molar-refractivity contribution < 1.29 is 4.79 Å². The Morgan fingerprint density at radius 2 is 1.69 bits per heavy atom. The van der Waals surface area contributed by atoms with E-state index in [2.05, 4.69) is 31.2 Å². The van der Waals surface area contributed by atoms with Gasteiger partial charge in [0.1, 0.15) is 6.29 Å². The van der Waals surface area contributed by atoms with Gasteiger partial charge in [-0.2, -0.15) is 0 Å². The van der Waals surface area contributed by atoms with Gasteiger partial charge >= 0.3 is 0 Å². The first-order valence-corrected chi connectivity index (χ1v) is 5.33. The number of rotatable bonds is 2. The maximum Gasteiger partial charge on any atom is 0.150 e. The quantitative estimate of drug-likeness (QED) is 0.689. The van der Waals surface area contributed by atoms with Crippen LogP contribution in [0.2, 0.25) is 0 Å². The summed E-state index contributed by atoms with van der Waals surface area (Å²) in [6, 6.07) is 14.3. The lowest BCUT2D eigenvalue weighted by Gasteiger charge is -2.05. The van der Waals surface area contributed by atoms with Crippen LogP contribution in [0.4, 0.5) is 0 Å². The van der Waals surface area contributed by atoms with E-state index in [1.807, 2.05) is 25.1 Å². The number of carbonyl (C=O) groups excluding carboxylic acids is 1. The highest BCUT2D eigenvalue weighted by molar-refractivity contribution is 5.79. The van der Waals surface area contributed by atoms with Crippen LogP contribution in [0, 0.1) is 13.8 Å². The largest absolute Gasteiger partial charge is 0.298 e. The standard InChI is InChI=1S/C15H14O/c1-11-4-3-5-13(8-11)14-6-7-15(10-16)12(2)9-14/h3-10H,1-2H3. The molecule has 0 aliphatic carbocycles. The Kier molecular flexibility index (Phi) is 2.86. The second-order valence-corrected chi connectivity index (χ2v) is 4.06. The molecular formula is C15H14O. The van der Waals surface area contributed by atoms with Crippen molar-refractivity contribution in [1.82, 2.24) is 0 Å². The molecular weight excluding hydrogens is 196 g/mol. The molecule has 0 saturated heterocycles. The molecule has 0 unspecified atom stereocenters. The minimum atomic E-state index is 0.761. The van der Waals surface area contributed by atoms with Crippen LogP contribution in [-0.4, -0.2) is 6.29 Å². The topological polar surface area (TPSA) is 17.1 Å². The second kappa shape index (κ2) is 4.31. The lowest BCUT2D eigenvalue weighted by Crippen LogP contribution is -1.87. The molecule has 0 aliphatic heterocycles. The average molecular weight is 210 g/mol. The Morgan fingerprint density at radius 3 is 2.31 bits per heavy atom. The summed E-state index contributed by atoms with van der Waals surface area (Å²) in [7, 11) is 0. The van der Waals surface area contributed by atoms with Gasteiger partial charge < -0.3 is 0 Å². The van der Waals surface area contributed by atoms with Crippen LogP contribution >= 0.6 is 0 Å². The van der Waals surface area contributed by atoms with Crippen molar-refractivity contribution in [2.24, 2.45) is 0 Å². The molecule has 0 aliphatic rings. The van der Waals surface area contributed by atoms with Gasteiger partial charge in [-0.05, 0) is 30.5 Å². The lowest BCUT2D eigenvalue weighted by molar-refractivity contribution is 0.112. The van der Waals surface area contributed by atoms with Crippen LogP contribution in [0.1, 0.15) is 21.5 Å². The van der Waals surface area contributed by atoms with Gasteiger partial charge in [0.15, 0.2) is 0 Å². The fourth-order valence-electron chi connectivity index (χ4n) is 1.81. The zero-order valence-electron chi connectivity index (χ0n) is 9.53. The van der Waals surface area contributed by atoms with E-state index in [9.17, 15) is 4.79 Å². The van der Waals surface area contributed by atoms with Gasteiger partial charge in [0.25, 0.3) is 0 Å². The zero-order valence-corrected chi connectivity index (χ0v) is 9.53. The van der Waals surface area contributed by atoms with E-state index in [1.54, 1.807) is 0 Å². The maximum absolute atomic E-state index is 10.7. The van der Waals surface area contributed by atoms with E-state index in [4.69, 9.17) is 0 Å². The molecule has 0 atom stereocenters. The molecule has 2 aromatic carbocycles. The van der Waals surface area contributed by atoms with Gasteiger partial charge in [-0.15, -0.1) is 0 Å². The average Bonchev–Trinajstić information content (AvgIpc) is 2.29. The van der Waals surface area contributed by atoms with Crippen molar-refractivity contribution in [3.05, 3.63) is 59.2 Å². The smallest absolute Gasteiger partial charge is 0.150 e. The first kappa shape index (κ1) is 10.6. The molecule has 2 rings (SSSR count). The molecule has 0 aromatic heterocycles. The highest BCUT2D eigenvalue weighted by Crippen LogP contribution is 2.22. The van der Waals surface area contributed by atoms with Gasteiger partial charge in [-0.25, -0.2) is 0 Å². The first-order valence-electron chi connectivity index (χ1n) is 5.33. The predicted molar refractivity (Wildman–Crippen MR) is 66.7 cm³/mol. The van der Waals surface area contributed by atoms with Gasteiger partial charge in [0, 0.05) is 5.56 Å². The summed E-state index contributed by atoms with van der Waals surface area (Å²) >= 11 is 0. The lowest BCUT2D eigenvalue weighted by atomic mass is 9.99. The van der Waals surface area contributed by atoms with Crippen molar-refractivity contribution in [1.29, 1.82) is 0 Å². The Labute approximate surface area is 95.7 Å². The van der Waals surface area contributed by atoms with Crippen molar-refractivity contribution in [2.75, 3.05) is 0 Å². The third-order valence-corrected chi connectivity index (χ3v) is 2.75. The molecule has 0 spiro atoms. The molecule has 0 heterocycles. The molecule has 1 heteroatoms. The summed E-state index contributed by atoms with van der Waals surface area (Å²) in [6.45, 7) is 4.04. The molecule has 16 heavy (non-hydrogen) atoms. The van der Waals surface area contributed by atoms with Crippen molar-refractivity contribution in [2.45, 2.75) is 13.8 Å². The second-order valence-electron chi connectivity index (χ2n) is 4.06. The highest BCUT2D eigenvalue weighted by Gasteiger charge is 2.01. The number of carbonyl (C=O) groups is 1. The van der Waals surface area contributed by atoms with Crippen LogP contribution in [0.5, 0.6) is 0 Å². The first-order chi connectivity index (χ1) is 7.70. The number of hydrogen-bond acceptors (Lipinski definition) is 1. The fourth-order valence-corrected chi connectivity index (χ4v) is 1.81. The number of hydrogen-bond donors (Lipinski definition) is 0. The van der Waals surface area contributed by atoms with Gasteiger partial charge in [-0.1, -0.05) is 48.0 Å². The van der Waals surface area contributed by atoms with Gasteiger partial charge in [0.2, 0.25) is 0 Å². The Morgan fingerprint density at radius 1 is 0.938 bits per heavy atom. The van der Waals surface area contributed by atoms with Crippen LogP contribution in [0.15, 0.2) is 42.5 Å². The summed E-state index contributed by atoms with van der Waals surface area (Å²) < 4.78 is 0. The van der Waals surface area contributed by atoms with E-state index < -0.39 is 0 Å². The summed E-state index contributed by atoms with van der Waals surface area (Å²) in [6.07, 6.45) is 0.898. The van der Waals surface area contributed by atoms with E-state index in [0.29, 0.717) is 0 Å². The van der Waals surface area contributed by atoms with E-state index in [-0.39, 0.29) is 0 Å². The molecule has 0 amide bonds. The minimum Gasteiger partial charge on any atom is -0.298 e. The fraction of sp³-hybridized carbons (Fsp3) is 0.133. The third kappa shape index (κ3) is 2.03. The molecule has 1 nitrogen and oxygen atoms in total. The summed E-state index contributed by atoms with van der Waals surface area (Å²) in [5.41, 5.74) is 5.38. The molecule has 0 fully saturated rings. The van der Waals surface area contributed by atoms with Crippen molar-refractivity contribution in [3.63, 3.8) is 0 Å². The maximum atomic E-state index is 10.7. The highest BCUT2D eigenvalue weighted by atomic mass is 16.1. The predicted octanol–water partition coefficient (Wildman–Crippen LogP) is 3.78. The summed E-state index contributed by atoms with van der Waals surface area (Å²) in [4.78, 5) is 10.7. The number of benzene rings is 2. The number of aldehydes is 1. The van der Waals surface area contributed by atoms with E-state index in [1.165, 1.54) is 11.1 Å². The van der Waals surface area contributed by atoms with E-state index >= 15 is 0 Å². The van der Waals surface area contributed by atoms with Crippen molar-refractivity contribution in [3.8, 4) is 11.1 Å². The molecule has 0 radical (unpaired) electrons. The van der Waals surface area contributed by atoms with Crippen LogP contribution in [0.25, 0.3) is 11.1 Å². The number of aryl methyl sites for hydroxylation is 2. The Bertz CT molecular complexity index is 527. The van der Waals surface area contributed by atoms with E-state index in [0.717, 1.165) is 23.0 Å². The monoisotopic (exact) mass is 210 g/mol. The molecule has 2 aromatic rings. The van der Waals surface area contributed by atoms with Gasteiger partial charge in [0.05, 0.1) is 0 Å². The Hall–Kier alpha value is -1.89. The third-order valence-electron chi connectivity index (χ3n) is 2.75. The van der Waals surface area contributed by atoms with Gasteiger partial charge in [-0.3, -0.25) is 4.79 Å². The van der Waals surface area contributed by atoms with Crippen LogP contribution in [-0.2, 0) is 0 Å². The molecule has 80 valence electrons. The summed E-state index contributed by atoms with van der Waals surface area (Å²) in [5, 5.41) is 0.